The van der Waals surface area contributed by atoms with Crippen molar-refractivity contribution in [3.63, 3.8) is 0 Å². The number of benzene rings is 3. The molecule has 0 radical (unpaired) electrons. The van der Waals surface area contributed by atoms with E-state index in [0.717, 1.165) is 15.2 Å². The highest BCUT2D eigenvalue weighted by Crippen LogP contribution is 2.38. The number of hydrogen-bond acceptors (Lipinski definition) is 4. The number of carbonyl (C=O) groups is 1. The zero-order valence-corrected chi connectivity index (χ0v) is 18.0. The Kier molecular flexibility index (Phi) is 6.93. The second-order valence-electron chi connectivity index (χ2n) is 6.24. The average Bonchev–Trinajstić information content (AvgIpc) is 2.68. The summed E-state index contributed by atoms with van der Waals surface area (Å²) >= 11 is 6.68. The fourth-order valence-corrected chi connectivity index (χ4v) is 4.25. The van der Waals surface area contributed by atoms with Crippen molar-refractivity contribution >= 4 is 54.4 Å². The van der Waals surface area contributed by atoms with Gasteiger partial charge in [0.2, 0.25) is 0 Å². The van der Waals surface area contributed by atoms with Crippen molar-refractivity contribution in [2.45, 2.75) is 18.9 Å². The van der Waals surface area contributed by atoms with Crippen molar-refractivity contribution in [2.24, 2.45) is 0 Å². The van der Waals surface area contributed by atoms with E-state index in [9.17, 15) is 15.0 Å². The lowest BCUT2D eigenvalue weighted by Crippen LogP contribution is -2.18. The van der Waals surface area contributed by atoms with Crippen LogP contribution in [-0.2, 0) is 4.74 Å². The highest BCUT2D eigenvalue weighted by Gasteiger charge is 2.22. The van der Waals surface area contributed by atoms with Gasteiger partial charge in [0.25, 0.3) is 0 Å². The lowest BCUT2D eigenvalue weighted by molar-refractivity contribution is 0.0979. The minimum Gasteiger partial charge on any atom is -0.506 e. The molecule has 0 fully saturated rings. The number of aromatic hydroxyl groups is 1. The van der Waals surface area contributed by atoms with Crippen LogP contribution in [0.2, 0.25) is 0 Å². The van der Waals surface area contributed by atoms with Crippen LogP contribution in [0.3, 0.4) is 0 Å². The Morgan fingerprint density at radius 1 is 1.11 bits per heavy atom. The molecule has 0 aliphatic heterocycles. The monoisotopic (exact) mass is 507 g/mol. The molecule has 3 rings (SSSR count). The quantitative estimate of drug-likeness (QED) is 0.374. The molecule has 0 heterocycles. The maximum atomic E-state index is 12.6. The summed E-state index contributed by atoms with van der Waals surface area (Å²) in [5.41, 5.74) is 1.10. The molecule has 3 aromatic carbocycles. The number of halogens is 2. The number of ether oxygens (including phenoxy) is 1. The number of phenolic OH excluding ortho intramolecular Hbond substituents is 1. The van der Waals surface area contributed by atoms with E-state index in [2.05, 4.69) is 37.2 Å². The first-order valence-corrected chi connectivity index (χ1v) is 10.3. The third-order valence-electron chi connectivity index (χ3n) is 4.30. The van der Waals surface area contributed by atoms with Gasteiger partial charge in [0.1, 0.15) is 11.9 Å². The van der Waals surface area contributed by atoms with Gasteiger partial charge in [-0.05, 0) is 52.4 Å². The summed E-state index contributed by atoms with van der Waals surface area (Å²) in [5.74, 6) is 0.00380. The molecule has 5 nitrogen and oxygen atoms in total. The number of aliphatic hydroxyl groups is 1. The maximum Gasteiger partial charge on any atom is 0.412 e. The third kappa shape index (κ3) is 4.84. The lowest BCUT2D eigenvalue weighted by atomic mass is 10.0. The first-order chi connectivity index (χ1) is 13.5. The molecule has 0 spiro atoms. The standard InChI is InChI=1S/C21H19Br2NO4/c22-14-11-16(20(26)17(23)12-14)19(9-4-10-25)28-21(27)24-18-8-3-6-13-5-1-2-7-15(13)18/h1-3,5-8,11-12,19,25-26H,4,9-10H2,(H,24,27)/t19-/m0/s1. The predicted molar refractivity (Wildman–Crippen MR) is 117 cm³/mol. The van der Waals surface area contributed by atoms with Gasteiger partial charge < -0.3 is 14.9 Å². The molecule has 3 N–H and O–H groups in total. The number of fused-ring (bicyclic) bond motifs is 1. The largest absolute Gasteiger partial charge is 0.506 e. The lowest BCUT2D eigenvalue weighted by Gasteiger charge is -2.20. The molecule has 0 bridgehead atoms. The summed E-state index contributed by atoms with van der Waals surface area (Å²) in [5, 5.41) is 24.3. The minimum absolute atomic E-state index is 0.00380. The Balaban J connectivity index is 1.84. The minimum atomic E-state index is -0.712. The van der Waals surface area contributed by atoms with Gasteiger partial charge in [-0.25, -0.2) is 4.79 Å². The molecule has 1 amide bonds. The Bertz CT molecular complexity index is 988. The van der Waals surface area contributed by atoms with E-state index in [1.807, 2.05) is 36.4 Å². The van der Waals surface area contributed by atoms with Crippen LogP contribution < -0.4 is 5.32 Å². The molecule has 1 atom stereocenters. The first-order valence-electron chi connectivity index (χ1n) is 8.73. The molecule has 0 saturated carbocycles. The summed E-state index contributed by atoms with van der Waals surface area (Å²) < 4.78 is 6.84. The molecule has 0 aliphatic rings. The van der Waals surface area contributed by atoms with Gasteiger partial charge in [0, 0.05) is 22.0 Å². The normalized spacial score (nSPS) is 12.0. The second-order valence-corrected chi connectivity index (χ2v) is 8.01. The summed E-state index contributed by atoms with van der Waals surface area (Å²) in [4.78, 5) is 12.6. The van der Waals surface area contributed by atoms with Crippen LogP contribution in [0, 0.1) is 0 Å². The van der Waals surface area contributed by atoms with E-state index in [1.54, 1.807) is 18.2 Å². The van der Waals surface area contributed by atoms with E-state index in [-0.39, 0.29) is 12.4 Å². The van der Waals surface area contributed by atoms with Crippen LogP contribution in [0.25, 0.3) is 10.8 Å². The first kappa shape index (κ1) is 20.6. The van der Waals surface area contributed by atoms with Crippen LogP contribution in [0.4, 0.5) is 10.5 Å². The summed E-state index contributed by atoms with van der Waals surface area (Å²) in [6.45, 7) is -0.0409. The van der Waals surface area contributed by atoms with Gasteiger partial charge in [0.05, 0.1) is 10.2 Å². The number of phenols is 1. The van der Waals surface area contributed by atoms with Crippen molar-refractivity contribution < 1.29 is 19.7 Å². The maximum absolute atomic E-state index is 12.6. The Morgan fingerprint density at radius 3 is 2.64 bits per heavy atom. The van der Waals surface area contributed by atoms with Crippen LogP contribution in [0.15, 0.2) is 63.5 Å². The fraction of sp³-hybridized carbons (Fsp3) is 0.190. The predicted octanol–water partition coefficient (Wildman–Crippen LogP) is 6.13. The molecule has 0 aliphatic carbocycles. The van der Waals surface area contributed by atoms with Gasteiger partial charge in [0.15, 0.2) is 0 Å². The number of carbonyl (C=O) groups excluding carboxylic acids is 1. The fourth-order valence-electron chi connectivity index (χ4n) is 2.99. The number of hydrogen-bond donors (Lipinski definition) is 3. The molecule has 0 aromatic heterocycles. The highest BCUT2D eigenvalue weighted by atomic mass is 79.9. The molecule has 0 unspecified atom stereocenters. The third-order valence-corrected chi connectivity index (χ3v) is 5.37. The van der Waals surface area contributed by atoms with Crippen LogP contribution >= 0.6 is 31.9 Å². The molecule has 0 saturated heterocycles. The van der Waals surface area contributed by atoms with Gasteiger partial charge in [-0.1, -0.05) is 52.3 Å². The Hall–Kier alpha value is -2.09. The topological polar surface area (TPSA) is 78.8 Å². The molecule has 3 aromatic rings. The van der Waals surface area contributed by atoms with Crippen LogP contribution in [0.1, 0.15) is 24.5 Å². The number of rotatable bonds is 6. The molecule has 28 heavy (non-hydrogen) atoms. The number of nitrogens with one attached hydrogen (secondary N) is 1. The molecule has 7 heteroatoms. The second kappa shape index (κ2) is 9.41. The Morgan fingerprint density at radius 2 is 1.86 bits per heavy atom. The summed E-state index contributed by atoms with van der Waals surface area (Å²) in [6.07, 6.45) is -0.545. The van der Waals surface area contributed by atoms with Gasteiger partial charge in [-0.3, -0.25) is 5.32 Å². The van der Waals surface area contributed by atoms with Gasteiger partial charge in [-0.2, -0.15) is 0 Å². The van der Waals surface area contributed by atoms with E-state index < -0.39 is 12.2 Å². The van der Waals surface area contributed by atoms with Crippen molar-refractivity contribution in [2.75, 3.05) is 11.9 Å². The van der Waals surface area contributed by atoms with Gasteiger partial charge >= 0.3 is 6.09 Å². The number of amides is 1. The number of aliphatic hydroxyl groups excluding tert-OH is 1. The Labute approximate surface area is 179 Å². The van der Waals surface area contributed by atoms with Crippen LogP contribution in [0.5, 0.6) is 5.75 Å². The van der Waals surface area contributed by atoms with Gasteiger partial charge in [-0.15, -0.1) is 0 Å². The zero-order chi connectivity index (χ0) is 20.1. The van der Waals surface area contributed by atoms with E-state index >= 15 is 0 Å². The van der Waals surface area contributed by atoms with Crippen molar-refractivity contribution in [3.8, 4) is 5.75 Å². The molecular weight excluding hydrogens is 490 g/mol. The SMILES string of the molecule is O=C(Nc1cccc2ccccc12)O[C@@H](CCCO)c1cc(Br)cc(Br)c1O. The van der Waals surface area contributed by atoms with E-state index in [1.165, 1.54) is 0 Å². The van der Waals surface area contributed by atoms with Crippen molar-refractivity contribution in [1.29, 1.82) is 0 Å². The van der Waals surface area contributed by atoms with Crippen LogP contribution in [-0.4, -0.2) is 22.9 Å². The zero-order valence-electron chi connectivity index (χ0n) is 14.9. The van der Waals surface area contributed by atoms with Crippen molar-refractivity contribution in [3.05, 3.63) is 69.1 Å². The summed E-state index contributed by atoms with van der Waals surface area (Å²) in [7, 11) is 0. The van der Waals surface area contributed by atoms with E-state index in [4.69, 9.17) is 4.74 Å². The molecular formula is C21H19Br2NO4. The molecule has 146 valence electrons. The smallest absolute Gasteiger partial charge is 0.412 e. The van der Waals surface area contributed by atoms with E-state index in [0.29, 0.717) is 28.6 Å². The highest BCUT2D eigenvalue weighted by molar-refractivity contribution is 9.11. The number of anilines is 1. The average molecular weight is 509 g/mol. The van der Waals surface area contributed by atoms with Crippen molar-refractivity contribution in [1.82, 2.24) is 0 Å². The summed E-state index contributed by atoms with van der Waals surface area (Å²) in [6, 6.07) is 16.8.